The van der Waals surface area contributed by atoms with Gasteiger partial charge in [-0.2, -0.15) is 5.26 Å². The lowest BCUT2D eigenvalue weighted by Gasteiger charge is -2.16. The number of ketones is 1. The molecule has 0 bridgehead atoms. The van der Waals surface area contributed by atoms with Crippen LogP contribution in [-0.4, -0.2) is 22.4 Å². The summed E-state index contributed by atoms with van der Waals surface area (Å²) >= 11 is 1.15. The standard InChI is InChI=1S/C19H20N4O2S/c1-19(2,3)15(24)11-26-18-12(10-20)9-14(16(21)23-18)17(25)22-13-7-5-4-6-8-13/h4-9H,11H2,1-3H3,(H2,21,23)(H,22,25). The van der Waals surface area contributed by atoms with Crippen LogP contribution in [0.1, 0.15) is 36.7 Å². The van der Waals surface area contributed by atoms with Gasteiger partial charge in [-0.15, -0.1) is 0 Å². The Hall–Kier alpha value is -2.85. The van der Waals surface area contributed by atoms with Crippen LogP contribution in [0, 0.1) is 16.7 Å². The van der Waals surface area contributed by atoms with Crippen LogP contribution in [0.5, 0.6) is 0 Å². The number of nitriles is 1. The van der Waals surface area contributed by atoms with Gasteiger partial charge >= 0.3 is 0 Å². The third kappa shape index (κ3) is 4.83. The number of hydrogen-bond donors (Lipinski definition) is 2. The van der Waals surface area contributed by atoms with Crippen molar-refractivity contribution >= 4 is 35.0 Å². The summed E-state index contributed by atoms with van der Waals surface area (Å²) in [5.41, 5.74) is 6.39. The maximum absolute atomic E-state index is 12.4. The number of Topliss-reactive ketones (excluding diaryl/α,β-unsaturated/α-hetero) is 1. The zero-order valence-corrected chi connectivity index (χ0v) is 15.7. The lowest BCUT2D eigenvalue weighted by molar-refractivity contribution is -0.123. The minimum Gasteiger partial charge on any atom is -0.383 e. The first-order valence-corrected chi connectivity index (χ1v) is 8.94. The maximum atomic E-state index is 12.4. The molecule has 3 N–H and O–H groups in total. The minimum atomic E-state index is -0.471. The number of nitrogen functional groups attached to an aromatic ring is 1. The number of nitrogens with one attached hydrogen (secondary N) is 1. The number of pyridine rings is 1. The van der Waals surface area contributed by atoms with E-state index in [1.54, 1.807) is 24.3 Å². The van der Waals surface area contributed by atoms with Crippen LogP contribution in [0.2, 0.25) is 0 Å². The van der Waals surface area contributed by atoms with Gasteiger partial charge < -0.3 is 11.1 Å². The van der Waals surface area contributed by atoms with Crippen LogP contribution in [-0.2, 0) is 4.79 Å². The number of benzene rings is 1. The van der Waals surface area contributed by atoms with Crippen LogP contribution in [0.3, 0.4) is 0 Å². The molecule has 6 nitrogen and oxygen atoms in total. The molecule has 2 aromatic rings. The topological polar surface area (TPSA) is 109 Å². The van der Waals surface area contributed by atoms with Gasteiger partial charge in [0.1, 0.15) is 22.7 Å². The third-order valence-electron chi connectivity index (χ3n) is 3.59. The molecule has 0 saturated carbocycles. The molecule has 0 radical (unpaired) electrons. The molecule has 1 amide bonds. The second-order valence-electron chi connectivity index (χ2n) is 6.67. The average Bonchev–Trinajstić information content (AvgIpc) is 2.59. The Bertz CT molecular complexity index is 868. The van der Waals surface area contributed by atoms with E-state index in [1.165, 1.54) is 6.07 Å². The van der Waals surface area contributed by atoms with Gasteiger partial charge in [-0.3, -0.25) is 9.59 Å². The molecule has 1 aromatic carbocycles. The van der Waals surface area contributed by atoms with Crippen LogP contribution in [0.15, 0.2) is 41.4 Å². The van der Waals surface area contributed by atoms with Gasteiger partial charge in [0.05, 0.1) is 16.9 Å². The van der Waals surface area contributed by atoms with Crippen molar-refractivity contribution in [1.29, 1.82) is 5.26 Å². The molecule has 0 aliphatic carbocycles. The van der Waals surface area contributed by atoms with Crippen molar-refractivity contribution in [2.45, 2.75) is 25.8 Å². The Morgan fingerprint density at radius 1 is 1.27 bits per heavy atom. The largest absolute Gasteiger partial charge is 0.383 e. The Balaban J connectivity index is 2.22. The summed E-state index contributed by atoms with van der Waals surface area (Å²) in [4.78, 5) is 28.7. The molecule has 7 heteroatoms. The minimum absolute atomic E-state index is 0.0168. The molecule has 1 aromatic heterocycles. The Morgan fingerprint density at radius 3 is 2.50 bits per heavy atom. The van der Waals surface area contributed by atoms with Crippen LogP contribution < -0.4 is 11.1 Å². The van der Waals surface area contributed by atoms with Gasteiger partial charge in [0.25, 0.3) is 5.91 Å². The second kappa shape index (κ2) is 8.02. The Morgan fingerprint density at radius 2 is 1.92 bits per heavy atom. The molecule has 134 valence electrons. The molecule has 0 spiro atoms. The lowest BCUT2D eigenvalue weighted by atomic mass is 9.92. The van der Waals surface area contributed by atoms with Crippen molar-refractivity contribution in [2.24, 2.45) is 5.41 Å². The number of carbonyl (C=O) groups excluding carboxylic acids is 2. The summed E-state index contributed by atoms with van der Waals surface area (Å²) in [6.45, 7) is 5.50. The average molecular weight is 368 g/mol. The number of aromatic nitrogens is 1. The fourth-order valence-electron chi connectivity index (χ4n) is 1.95. The van der Waals surface area contributed by atoms with Gasteiger partial charge in [-0.1, -0.05) is 50.7 Å². The van der Waals surface area contributed by atoms with Crippen molar-refractivity contribution in [3.8, 4) is 6.07 Å². The van der Waals surface area contributed by atoms with Crippen molar-refractivity contribution in [3.05, 3.63) is 47.5 Å². The first kappa shape index (κ1) is 19.5. The third-order valence-corrected chi connectivity index (χ3v) is 4.58. The number of nitrogens with two attached hydrogens (primary N) is 1. The SMILES string of the molecule is CC(C)(C)C(=O)CSc1nc(N)c(C(=O)Nc2ccccc2)cc1C#N. The Kier molecular flexibility index (Phi) is 6.01. The maximum Gasteiger partial charge on any atom is 0.259 e. The number of para-hydroxylation sites is 1. The van der Waals surface area contributed by atoms with E-state index in [1.807, 2.05) is 32.9 Å². The lowest BCUT2D eigenvalue weighted by Crippen LogP contribution is -2.22. The highest BCUT2D eigenvalue weighted by molar-refractivity contribution is 8.00. The number of carbonyl (C=O) groups is 2. The molecule has 0 aliphatic heterocycles. The first-order chi connectivity index (χ1) is 12.2. The van der Waals surface area contributed by atoms with E-state index in [-0.39, 0.29) is 28.5 Å². The van der Waals surface area contributed by atoms with E-state index < -0.39 is 11.3 Å². The number of thioether (sulfide) groups is 1. The van der Waals surface area contributed by atoms with E-state index >= 15 is 0 Å². The highest BCUT2D eigenvalue weighted by atomic mass is 32.2. The molecule has 0 saturated heterocycles. The second-order valence-corrected chi connectivity index (χ2v) is 7.63. The van der Waals surface area contributed by atoms with E-state index in [0.29, 0.717) is 10.7 Å². The summed E-state index contributed by atoms with van der Waals surface area (Å²) in [7, 11) is 0. The number of anilines is 2. The summed E-state index contributed by atoms with van der Waals surface area (Å²) in [5.74, 6) is -0.207. The Labute approximate surface area is 156 Å². The predicted octanol–water partition coefficient (Wildman–Crippen LogP) is 3.50. The number of hydrogen-bond acceptors (Lipinski definition) is 6. The molecule has 0 atom stereocenters. The molecular weight excluding hydrogens is 348 g/mol. The monoisotopic (exact) mass is 368 g/mol. The molecule has 1 heterocycles. The van der Waals surface area contributed by atoms with Crippen molar-refractivity contribution in [3.63, 3.8) is 0 Å². The van der Waals surface area contributed by atoms with E-state index in [4.69, 9.17) is 5.73 Å². The van der Waals surface area contributed by atoms with Gasteiger partial charge in [-0.05, 0) is 18.2 Å². The van der Waals surface area contributed by atoms with Gasteiger partial charge in [0, 0.05) is 11.1 Å². The molecule has 2 rings (SSSR count). The first-order valence-electron chi connectivity index (χ1n) is 7.95. The van der Waals surface area contributed by atoms with E-state index in [9.17, 15) is 14.9 Å². The highest BCUT2D eigenvalue weighted by Gasteiger charge is 2.23. The molecule has 0 aliphatic rings. The fraction of sp³-hybridized carbons (Fsp3) is 0.263. The summed E-state index contributed by atoms with van der Waals surface area (Å²) in [6, 6.07) is 12.3. The summed E-state index contributed by atoms with van der Waals surface area (Å²) in [5, 5.41) is 12.4. The van der Waals surface area contributed by atoms with Crippen molar-refractivity contribution < 1.29 is 9.59 Å². The van der Waals surface area contributed by atoms with Crippen LogP contribution in [0.25, 0.3) is 0 Å². The smallest absolute Gasteiger partial charge is 0.259 e. The summed E-state index contributed by atoms with van der Waals surface area (Å²) in [6.07, 6.45) is 0. The number of amides is 1. The van der Waals surface area contributed by atoms with Crippen molar-refractivity contribution in [2.75, 3.05) is 16.8 Å². The van der Waals surface area contributed by atoms with E-state index in [0.717, 1.165) is 11.8 Å². The van der Waals surface area contributed by atoms with Crippen molar-refractivity contribution in [1.82, 2.24) is 4.98 Å². The molecule has 0 fully saturated rings. The van der Waals surface area contributed by atoms with Gasteiger partial charge in [0.2, 0.25) is 0 Å². The van der Waals surface area contributed by atoms with Gasteiger partial charge in [0.15, 0.2) is 0 Å². The van der Waals surface area contributed by atoms with Crippen LogP contribution >= 0.6 is 11.8 Å². The molecule has 0 unspecified atom stereocenters. The number of nitrogens with zero attached hydrogens (tertiary/aromatic N) is 2. The van der Waals surface area contributed by atoms with Gasteiger partial charge in [-0.25, -0.2) is 4.98 Å². The quantitative estimate of drug-likeness (QED) is 0.782. The molecular formula is C19H20N4O2S. The summed E-state index contributed by atoms with van der Waals surface area (Å²) < 4.78 is 0. The predicted molar refractivity (Wildman–Crippen MR) is 103 cm³/mol. The van der Waals surface area contributed by atoms with E-state index in [2.05, 4.69) is 10.3 Å². The van der Waals surface area contributed by atoms with Crippen LogP contribution in [0.4, 0.5) is 11.5 Å². The number of rotatable bonds is 5. The zero-order valence-electron chi connectivity index (χ0n) is 14.9. The molecule has 26 heavy (non-hydrogen) atoms. The normalized spacial score (nSPS) is 10.8. The fourth-order valence-corrected chi connectivity index (χ4v) is 3.08. The highest BCUT2D eigenvalue weighted by Crippen LogP contribution is 2.27. The zero-order chi connectivity index (χ0) is 19.3.